The molecule has 0 amide bonds. The van der Waals surface area contributed by atoms with E-state index in [0.717, 1.165) is 0 Å². The van der Waals surface area contributed by atoms with Crippen molar-refractivity contribution in [2.45, 2.75) is 39.8 Å². The molecule has 0 spiro atoms. The summed E-state index contributed by atoms with van der Waals surface area (Å²) in [5.41, 5.74) is 8.64. The Bertz CT molecular complexity index is 1580. The van der Waals surface area contributed by atoms with Gasteiger partial charge in [-0.2, -0.15) is 0 Å². The third-order valence-corrected chi connectivity index (χ3v) is 33.2. The number of benzene rings is 4. The topological polar surface area (TPSA) is 0 Å². The molecule has 2 aliphatic carbocycles. The number of fused-ring (bicyclic) bond motifs is 2. The fraction of sp³-hybridized carbons (Fsp3) is 0.176. The van der Waals surface area contributed by atoms with Crippen LogP contribution >= 0.6 is 0 Å². The number of rotatable bonds is 4. The van der Waals surface area contributed by atoms with E-state index < -0.39 is 20.1 Å². The Morgan fingerprint density at radius 2 is 0.947 bits per heavy atom. The Morgan fingerprint density at radius 3 is 1.37 bits per heavy atom. The smallest absolute Gasteiger partial charge is 1.00 e. The van der Waals surface area contributed by atoms with E-state index in [1.54, 1.807) is 11.1 Å². The van der Waals surface area contributed by atoms with Crippen molar-refractivity contribution in [2.75, 3.05) is 0 Å². The molecule has 190 valence electrons. The Hall–Kier alpha value is -1.97. The first-order valence-corrected chi connectivity index (χ1v) is 24.5. The summed E-state index contributed by atoms with van der Waals surface area (Å²) in [7, 11) is 0. The average Bonchev–Trinajstić information content (AvgIpc) is 3.46. The SMILES string of the molecule is CC1=[C]([Hf+2]([C]2=C(C)C(c3cccc4ccccc34)=CC2)=[Si](C)C)CC=C1c1cccc2ccccc12.[Cl-].[Cl-]. The maximum absolute atomic E-state index is 2.60. The van der Waals surface area contributed by atoms with Crippen LogP contribution in [0.15, 0.2) is 115 Å². The van der Waals surface area contributed by atoms with E-state index >= 15 is 0 Å². The van der Waals surface area contributed by atoms with E-state index in [-0.39, 0.29) is 30.3 Å². The minimum Gasteiger partial charge on any atom is -1.00 e. The van der Waals surface area contributed by atoms with Crippen LogP contribution in [0, 0.1) is 0 Å². The molecule has 0 nitrogen and oxygen atoms in total. The van der Waals surface area contributed by atoms with Gasteiger partial charge in [-0.05, 0) is 0 Å². The van der Waals surface area contributed by atoms with Gasteiger partial charge in [0.1, 0.15) is 0 Å². The van der Waals surface area contributed by atoms with Crippen molar-refractivity contribution < 1.29 is 44.9 Å². The number of hydrogen-bond acceptors (Lipinski definition) is 0. The summed E-state index contributed by atoms with van der Waals surface area (Å²) < 4.78 is 3.73. The first-order valence-electron chi connectivity index (χ1n) is 13.0. The Labute approximate surface area is 247 Å². The molecule has 0 fully saturated rings. The van der Waals surface area contributed by atoms with Gasteiger partial charge in [0.15, 0.2) is 0 Å². The molecule has 0 saturated heterocycles. The Morgan fingerprint density at radius 1 is 0.553 bits per heavy atom. The molecule has 0 heterocycles. The van der Waals surface area contributed by atoms with Crippen LogP contribution in [0.2, 0.25) is 13.1 Å². The van der Waals surface area contributed by atoms with Crippen molar-refractivity contribution in [1.29, 1.82) is 0 Å². The van der Waals surface area contributed by atoms with Crippen LogP contribution in [0.5, 0.6) is 0 Å². The largest absolute Gasteiger partial charge is 1.00 e. The zero-order valence-corrected chi connectivity index (χ0v) is 28.5. The fourth-order valence-electron chi connectivity index (χ4n) is 6.26. The molecule has 0 N–H and O–H groups in total. The minimum absolute atomic E-state index is 0. The van der Waals surface area contributed by atoms with Crippen molar-refractivity contribution in [3.8, 4) is 0 Å². The average molecular weight is 718 g/mol. The van der Waals surface area contributed by atoms with Crippen molar-refractivity contribution in [3.63, 3.8) is 0 Å². The molecule has 4 aromatic carbocycles. The van der Waals surface area contributed by atoms with Gasteiger partial charge in [0.25, 0.3) is 0 Å². The fourth-order valence-corrected chi connectivity index (χ4v) is 32.4. The van der Waals surface area contributed by atoms with Gasteiger partial charge in [-0.1, -0.05) is 0 Å². The van der Waals surface area contributed by atoms with Crippen LogP contribution < -0.4 is 24.8 Å². The molecule has 4 heteroatoms. The molecule has 0 aromatic heterocycles. The first-order chi connectivity index (χ1) is 17.5. The molecule has 38 heavy (non-hydrogen) atoms. The summed E-state index contributed by atoms with van der Waals surface area (Å²) in [6.45, 7) is 10.0. The molecule has 0 saturated carbocycles. The zero-order chi connectivity index (χ0) is 24.8. The number of halogens is 2. The van der Waals surface area contributed by atoms with E-state index in [1.807, 2.05) is 6.66 Å². The third kappa shape index (κ3) is 5.02. The normalized spacial score (nSPS) is 14.6. The predicted octanol–water partition coefficient (Wildman–Crippen LogP) is 3.69. The molecule has 0 aliphatic heterocycles. The van der Waals surface area contributed by atoms with E-state index in [2.05, 4.69) is 124 Å². The summed E-state index contributed by atoms with van der Waals surface area (Å²) in [4.78, 5) is 0. The summed E-state index contributed by atoms with van der Waals surface area (Å²) >= 11 is -2.17. The maximum Gasteiger partial charge on any atom is -1.00 e. The second kappa shape index (κ2) is 12.0. The summed E-state index contributed by atoms with van der Waals surface area (Å²) in [6, 6.07) is 31.3. The summed E-state index contributed by atoms with van der Waals surface area (Å²) in [5.74, 6) is 0. The second-order valence-electron chi connectivity index (χ2n) is 10.3. The third-order valence-electron chi connectivity index (χ3n) is 8.00. The van der Waals surface area contributed by atoms with Gasteiger partial charge in [0, 0.05) is 0 Å². The maximum atomic E-state index is 2.60. The number of allylic oxidation sites excluding steroid dienone is 8. The van der Waals surface area contributed by atoms with Gasteiger partial charge >= 0.3 is 224 Å². The van der Waals surface area contributed by atoms with Crippen molar-refractivity contribution in [2.24, 2.45) is 0 Å². The number of hydrogen-bond donors (Lipinski definition) is 0. The summed E-state index contributed by atoms with van der Waals surface area (Å²) in [6.07, 6.45) is 7.43. The van der Waals surface area contributed by atoms with Crippen molar-refractivity contribution in [3.05, 3.63) is 126 Å². The van der Waals surface area contributed by atoms with Crippen LogP contribution in [0.3, 0.4) is 0 Å². The molecule has 6 rings (SSSR count). The Kier molecular flexibility index (Phi) is 9.20. The molecule has 0 bridgehead atoms. The van der Waals surface area contributed by atoms with Crippen molar-refractivity contribution in [1.82, 2.24) is 0 Å². The van der Waals surface area contributed by atoms with Crippen molar-refractivity contribution >= 4 is 38.2 Å². The molecular formula is C34H32Cl2HfSi. The molecular weight excluding hydrogens is 686 g/mol. The molecule has 0 radical (unpaired) electrons. The van der Waals surface area contributed by atoms with Crippen LogP contribution in [-0.2, 0) is 20.1 Å². The minimum atomic E-state index is -2.17. The van der Waals surface area contributed by atoms with Gasteiger partial charge < -0.3 is 24.8 Å². The predicted molar refractivity (Wildman–Crippen MR) is 156 cm³/mol. The Balaban J connectivity index is 0.00000168. The van der Waals surface area contributed by atoms with E-state index in [0.29, 0.717) is 0 Å². The van der Waals surface area contributed by atoms with E-state index in [9.17, 15) is 0 Å². The van der Waals surface area contributed by atoms with Gasteiger partial charge in [0.2, 0.25) is 0 Å². The van der Waals surface area contributed by atoms with Gasteiger partial charge in [-0.3, -0.25) is 0 Å². The first kappa shape index (κ1) is 29.0. The van der Waals surface area contributed by atoms with Crippen LogP contribution in [0.4, 0.5) is 0 Å². The molecule has 0 unspecified atom stereocenters. The summed E-state index contributed by atoms with van der Waals surface area (Å²) in [5, 5.41) is 5.44. The molecule has 2 aliphatic rings. The van der Waals surface area contributed by atoms with Crippen LogP contribution in [-0.4, -0.2) is 5.49 Å². The van der Waals surface area contributed by atoms with Gasteiger partial charge in [-0.25, -0.2) is 0 Å². The molecule has 4 aromatic rings. The van der Waals surface area contributed by atoms with Gasteiger partial charge in [-0.15, -0.1) is 0 Å². The standard InChI is InChI=1S/2C16H13.C2H6Si.2ClH.Hf/c2*1-12-6-4-10-14(12)16-11-5-8-13-7-2-3-9-15(13)16;1-3-2;;;/h2*2-3,5,7-11H,4H2,1H3;1-2H3;2*1H;/q;;;;;+2/p-2. The second-order valence-corrected chi connectivity index (χ2v) is 34.2. The van der Waals surface area contributed by atoms with E-state index in [1.165, 1.54) is 56.7 Å². The monoisotopic (exact) mass is 718 g/mol. The van der Waals surface area contributed by atoms with Crippen LogP contribution in [0.25, 0.3) is 32.7 Å². The zero-order valence-electron chi connectivity index (χ0n) is 22.4. The quantitative estimate of drug-likeness (QED) is 0.283. The van der Waals surface area contributed by atoms with Crippen LogP contribution in [0.1, 0.15) is 37.8 Å². The molecule has 0 atom stereocenters. The van der Waals surface area contributed by atoms with Gasteiger partial charge in [0.05, 0.1) is 0 Å². The van der Waals surface area contributed by atoms with E-state index in [4.69, 9.17) is 0 Å².